The van der Waals surface area contributed by atoms with Crippen LogP contribution in [-0.2, 0) is 6.54 Å². The van der Waals surface area contributed by atoms with Crippen molar-refractivity contribution >= 4 is 22.9 Å². The van der Waals surface area contributed by atoms with Crippen LogP contribution in [0.25, 0.3) is 0 Å². The van der Waals surface area contributed by atoms with Crippen molar-refractivity contribution < 1.29 is 4.39 Å². The predicted molar refractivity (Wildman–Crippen MR) is 86.1 cm³/mol. The average Bonchev–Trinajstić information content (AvgIpc) is 3.18. The summed E-state index contributed by atoms with van der Waals surface area (Å²) >= 11 is 7.99. The largest absolute Gasteiger partial charge is 0.329 e. The van der Waals surface area contributed by atoms with Gasteiger partial charge in [0.15, 0.2) is 0 Å². The summed E-state index contributed by atoms with van der Waals surface area (Å²) in [5, 5.41) is 2.55. The van der Waals surface area contributed by atoms with E-state index in [-0.39, 0.29) is 11.9 Å². The van der Waals surface area contributed by atoms with E-state index in [2.05, 4.69) is 22.4 Å². The molecule has 0 amide bonds. The number of benzene rings is 1. The van der Waals surface area contributed by atoms with E-state index in [9.17, 15) is 4.39 Å². The van der Waals surface area contributed by atoms with Gasteiger partial charge in [-0.05, 0) is 42.0 Å². The van der Waals surface area contributed by atoms with Gasteiger partial charge in [0.1, 0.15) is 5.82 Å². The third kappa shape index (κ3) is 3.46. The normalized spacial score (nSPS) is 16.4. The summed E-state index contributed by atoms with van der Waals surface area (Å²) in [5.74, 6) is -0.309. The molecule has 2 aromatic rings. The van der Waals surface area contributed by atoms with Gasteiger partial charge in [-0.3, -0.25) is 4.90 Å². The highest BCUT2D eigenvalue weighted by atomic mass is 35.5. The Morgan fingerprint density at radius 3 is 2.76 bits per heavy atom. The summed E-state index contributed by atoms with van der Waals surface area (Å²) in [6, 6.07) is 9.39. The molecule has 21 heavy (non-hydrogen) atoms. The van der Waals surface area contributed by atoms with Gasteiger partial charge in [0.05, 0.1) is 0 Å². The molecule has 1 heterocycles. The van der Waals surface area contributed by atoms with Gasteiger partial charge in [-0.25, -0.2) is 4.39 Å². The van der Waals surface area contributed by atoms with Gasteiger partial charge in [0.2, 0.25) is 0 Å². The van der Waals surface area contributed by atoms with E-state index in [1.165, 1.54) is 29.9 Å². The molecule has 1 aliphatic carbocycles. The van der Waals surface area contributed by atoms with Crippen molar-refractivity contribution in [3.8, 4) is 0 Å². The molecule has 0 radical (unpaired) electrons. The second-order valence-electron chi connectivity index (χ2n) is 5.40. The van der Waals surface area contributed by atoms with Crippen molar-refractivity contribution in [2.45, 2.75) is 31.5 Å². The molecule has 1 aromatic heterocycles. The smallest absolute Gasteiger partial charge is 0.124 e. The molecule has 1 atom stereocenters. The van der Waals surface area contributed by atoms with E-state index in [0.29, 0.717) is 17.6 Å². The maximum absolute atomic E-state index is 13.3. The molecule has 112 valence electrons. The van der Waals surface area contributed by atoms with E-state index >= 15 is 0 Å². The van der Waals surface area contributed by atoms with Crippen LogP contribution in [0.1, 0.15) is 29.3 Å². The van der Waals surface area contributed by atoms with E-state index in [1.807, 2.05) is 0 Å². The molecule has 0 spiro atoms. The minimum Gasteiger partial charge on any atom is -0.329 e. The standard InChI is InChI=1S/C16H18ClFN2S/c17-15-8-11(18)3-6-14(15)16(9-19)20(12-4-5-12)10-13-2-1-7-21-13/h1-3,6-8,12,16H,4-5,9-10,19H2. The molecule has 1 aromatic carbocycles. The van der Waals surface area contributed by atoms with E-state index < -0.39 is 0 Å². The van der Waals surface area contributed by atoms with Gasteiger partial charge in [0.25, 0.3) is 0 Å². The van der Waals surface area contributed by atoms with Crippen LogP contribution in [0, 0.1) is 5.82 Å². The first kappa shape index (κ1) is 15.0. The zero-order valence-electron chi connectivity index (χ0n) is 11.6. The lowest BCUT2D eigenvalue weighted by Crippen LogP contribution is -2.35. The predicted octanol–water partition coefficient (Wildman–Crippen LogP) is 4.21. The average molecular weight is 325 g/mol. The Hall–Kier alpha value is -0.940. The van der Waals surface area contributed by atoms with Gasteiger partial charge in [-0.1, -0.05) is 23.7 Å². The first-order valence-corrected chi connectivity index (χ1v) is 8.38. The first-order valence-electron chi connectivity index (χ1n) is 7.12. The maximum atomic E-state index is 13.3. The summed E-state index contributed by atoms with van der Waals surface area (Å²) < 4.78 is 13.3. The second kappa shape index (κ2) is 6.44. The van der Waals surface area contributed by atoms with Crippen molar-refractivity contribution in [3.05, 3.63) is 57.0 Å². The molecule has 2 nitrogen and oxygen atoms in total. The van der Waals surface area contributed by atoms with Crippen LogP contribution in [-0.4, -0.2) is 17.5 Å². The summed E-state index contributed by atoms with van der Waals surface area (Å²) in [7, 11) is 0. The maximum Gasteiger partial charge on any atom is 0.124 e. The fraction of sp³-hybridized carbons (Fsp3) is 0.375. The van der Waals surface area contributed by atoms with Crippen LogP contribution in [0.3, 0.4) is 0 Å². The molecule has 2 N–H and O–H groups in total. The number of nitrogens with zero attached hydrogens (tertiary/aromatic N) is 1. The van der Waals surface area contributed by atoms with Gasteiger partial charge in [-0.15, -0.1) is 11.3 Å². The Bertz CT molecular complexity index is 598. The molecule has 1 fully saturated rings. The van der Waals surface area contributed by atoms with Gasteiger partial charge >= 0.3 is 0 Å². The van der Waals surface area contributed by atoms with Crippen molar-refractivity contribution in [2.24, 2.45) is 5.73 Å². The number of thiophene rings is 1. The first-order chi connectivity index (χ1) is 10.2. The van der Waals surface area contributed by atoms with E-state index in [1.54, 1.807) is 17.4 Å². The zero-order valence-corrected chi connectivity index (χ0v) is 13.2. The highest BCUT2D eigenvalue weighted by Crippen LogP contribution is 2.38. The van der Waals surface area contributed by atoms with Gasteiger partial charge < -0.3 is 5.73 Å². The van der Waals surface area contributed by atoms with Crippen molar-refractivity contribution in [1.29, 1.82) is 0 Å². The number of hydrogen-bond acceptors (Lipinski definition) is 3. The Kier molecular flexibility index (Phi) is 4.60. The number of halogens is 2. The molecule has 3 rings (SSSR count). The summed E-state index contributed by atoms with van der Waals surface area (Å²) in [6.45, 7) is 1.35. The van der Waals surface area contributed by atoms with Crippen molar-refractivity contribution in [2.75, 3.05) is 6.54 Å². The second-order valence-corrected chi connectivity index (χ2v) is 6.84. The molecular formula is C16H18ClFN2S. The van der Waals surface area contributed by atoms with E-state index in [0.717, 1.165) is 12.1 Å². The summed E-state index contributed by atoms with van der Waals surface area (Å²) in [4.78, 5) is 3.73. The van der Waals surface area contributed by atoms with Gasteiger partial charge in [0, 0.05) is 35.1 Å². The summed E-state index contributed by atoms with van der Waals surface area (Å²) in [6.07, 6.45) is 2.39. The van der Waals surface area contributed by atoms with Crippen LogP contribution in [0.4, 0.5) is 4.39 Å². The molecule has 0 saturated heterocycles. The lowest BCUT2D eigenvalue weighted by atomic mass is 10.0. The molecule has 5 heteroatoms. The van der Waals surface area contributed by atoms with Crippen LogP contribution in [0.2, 0.25) is 5.02 Å². The highest BCUT2D eigenvalue weighted by Gasteiger charge is 2.35. The highest BCUT2D eigenvalue weighted by molar-refractivity contribution is 7.09. The molecule has 0 aliphatic heterocycles. The zero-order chi connectivity index (χ0) is 14.8. The Balaban J connectivity index is 1.88. The fourth-order valence-corrected chi connectivity index (χ4v) is 3.70. The summed E-state index contributed by atoms with van der Waals surface area (Å²) in [5.41, 5.74) is 6.94. The van der Waals surface area contributed by atoms with Gasteiger partial charge in [-0.2, -0.15) is 0 Å². The fourth-order valence-electron chi connectivity index (χ4n) is 2.70. The van der Waals surface area contributed by atoms with E-state index in [4.69, 9.17) is 17.3 Å². The third-order valence-electron chi connectivity index (χ3n) is 3.88. The third-order valence-corrected chi connectivity index (χ3v) is 5.07. The Morgan fingerprint density at radius 1 is 1.38 bits per heavy atom. The van der Waals surface area contributed by atoms with Crippen LogP contribution in [0.5, 0.6) is 0 Å². The lowest BCUT2D eigenvalue weighted by molar-refractivity contribution is 0.183. The molecule has 1 saturated carbocycles. The topological polar surface area (TPSA) is 29.3 Å². The van der Waals surface area contributed by atoms with Crippen LogP contribution in [0.15, 0.2) is 35.7 Å². The minimum absolute atomic E-state index is 0.0349. The monoisotopic (exact) mass is 324 g/mol. The van der Waals surface area contributed by atoms with Crippen molar-refractivity contribution in [1.82, 2.24) is 4.90 Å². The van der Waals surface area contributed by atoms with Crippen molar-refractivity contribution in [3.63, 3.8) is 0 Å². The number of rotatable bonds is 6. The SMILES string of the molecule is NCC(c1ccc(F)cc1Cl)N(Cc1cccs1)C1CC1. The Morgan fingerprint density at radius 2 is 2.19 bits per heavy atom. The Labute approximate surface area is 133 Å². The number of hydrogen-bond donors (Lipinski definition) is 1. The minimum atomic E-state index is -0.309. The molecule has 1 unspecified atom stereocenters. The number of nitrogens with two attached hydrogens (primary N) is 1. The molecular weight excluding hydrogens is 307 g/mol. The molecule has 0 bridgehead atoms. The molecule has 1 aliphatic rings. The van der Waals surface area contributed by atoms with Crippen LogP contribution >= 0.6 is 22.9 Å². The quantitative estimate of drug-likeness (QED) is 0.862. The lowest BCUT2D eigenvalue weighted by Gasteiger charge is -2.31. The van der Waals surface area contributed by atoms with Crippen LogP contribution < -0.4 is 5.73 Å².